The summed E-state index contributed by atoms with van der Waals surface area (Å²) in [6, 6.07) is 4.07. The van der Waals surface area contributed by atoms with Crippen LogP contribution in [-0.4, -0.2) is 47.3 Å². The molecule has 0 saturated carbocycles. The van der Waals surface area contributed by atoms with Crippen molar-refractivity contribution in [1.29, 1.82) is 0 Å². The smallest absolute Gasteiger partial charge is 0.253 e. The van der Waals surface area contributed by atoms with Crippen LogP contribution in [0.25, 0.3) is 0 Å². The van der Waals surface area contributed by atoms with Gasteiger partial charge in [-0.2, -0.15) is 0 Å². The molecule has 1 unspecified atom stereocenters. The van der Waals surface area contributed by atoms with Crippen LogP contribution < -0.4 is 0 Å². The Hall–Kier alpha value is -1.75. The Morgan fingerprint density at radius 2 is 2.22 bits per heavy atom. The third-order valence-electron chi connectivity index (χ3n) is 3.07. The predicted octanol–water partition coefficient (Wildman–Crippen LogP) is 1.35. The molecule has 1 saturated heterocycles. The van der Waals surface area contributed by atoms with Crippen LogP contribution in [-0.2, 0) is 4.74 Å². The van der Waals surface area contributed by atoms with Gasteiger partial charge in [-0.25, -0.2) is 0 Å². The van der Waals surface area contributed by atoms with Gasteiger partial charge in [-0.15, -0.1) is 0 Å². The number of rotatable bonds is 3. The van der Waals surface area contributed by atoms with Gasteiger partial charge in [0.05, 0.1) is 6.10 Å². The summed E-state index contributed by atoms with van der Waals surface area (Å²) in [6.07, 6.45) is 2.11. The molecule has 98 valence electrons. The molecule has 18 heavy (non-hydrogen) atoms. The summed E-state index contributed by atoms with van der Waals surface area (Å²) in [7, 11) is 1.70. The molecule has 1 heterocycles. The van der Waals surface area contributed by atoms with E-state index in [0.717, 1.165) is 19.4 Å². The van der Waals surface area contributed by atoms with Crippen LogP contribution in [0.4, 0.5) is 0 Å². The lowest BCUT2D eigenvalue weighted by Crippen LogP contribution is -2.34. The average molecular weight is 251 g/mol. The van der Waals surface area contributed by atoms with Crippen molar-refractivity contribution in [2.24, 2.45) is 0 Å². The number of phenols is 2. The quantitative estimate of drug-likeness (QED) is 0.795. The van der Waals surface area contributed by atoms with Crippen molar-refractivity contribution in [1.82, 2.24) is 4.90 Å². The zero-order valence-corrected chi connectivity index (χ0v) is 10.3. The van der Waals surface area contributed by atoms with Crippen LogP contribution >= 0.6 is 0 Å². The number of aromatic hydroxyl groups is 2. The first-order valence-corrected chi connectivity index (χ1v) is 5.97. The van der Waals surface area contributed by atoms with Crippen molar-refractivity contribution in [3.63, 3.8) is 0 Å². The van der Waals surface area contributed by atoms with E-state index in [4.69, 9.17) is 4.74 Å². The third kappa shape index (κ3) is 2.73. The van der Waals surface area contributed by atoms with Crippen LogP contribution in [0, 0.1) is 0 Å². The van der Waals surface area contributed by atoms with E-state index in [-0.39, 0.29) is 23.5 Å². The standard InChI is InChI=1S/C13H17NO4/c1-14(8-10-3-2-6-18-10)13(17)9-4-5-11(15)12(16)7-9/h4-5,7,10,15-16H,2-3,6,8H2,1H3. The zero-order valence-electron chi connectivity index (χ0n) is 10.3. The highest BCUT2D eigenvalue weighted by atomic mass is 16.5. The number of nitrogens with zero attached hydrogens (tertiary/aromatic N) is 1. The van der Waals surface area contributed by atoms with Crippen LogP contribution in [0.15, 0.2) is 18.2 Å². The highest BCUT2D eigenvalue weighted by Crippen LogP contribution is 2.25. The molecular formula is C13H17NO4. The van der Waals surface area contributed by atoms with E-state index in [1.165, 1.54) is 18.2 Å². The summed E-state index contributed by atoms with van der Waals surface area (Å²) >= 11 is 0. The molecule has 5 heteroatoms. The average Bonchev–Trinajstić information content (AvgIpc) is 2.84. The van der Waals surface area contributed by atoms with Gasteiger partial charge in [0.15, 0.2) is 11.5 Å². The van der Waals surface area contributed by atoms with Gasteiger partial charge in [0.1, 0.15) is 0 Å². The molecule has 2 N–H and O–H groups in total. The van der Waals surface area contributed by atoms with Crippen molar-refractivity contribution in [3.8, 4) is 11.5 Å². The molecule has 1 aromatic carbocycles. The van der Waals surface area contributed by atoms with E-state index < -0.39 is 0 Å². The van der Waals surface area contributed by atoms with Crippen molar-refractivity contribution < 1.29 is 19.7 Å². The lowest BCUT2D eigenvalue weighted by atomic mass is 10.1. The number of benzene rings is 1. The van der Waals surface area contributed by atoms with Crippen LogP contribution in [0.3, 0.4) is 0 Å². The van der Waals surface area contributed by atoms with Crippen molar-refractivity contribution in [2.75, 3.05) is 20.2 Å². The van der Waals surface area contributed by atoms with E-state index in [0.29, 0.717) is 12.1 Å². The second-order valence-electron chi connectivity index (χ2n) is 4.52. The highest BCUT2D eigenvalue weighted by molar-refractivity contribution is 5.94. The molecule has 0 radical (unpaired) electrons. The second kappa shape index (κ2) is 5.27. The number of carbonyl (C=O) groups excluding carboxylic acids is 1. The van der Waals surface area contributed by atoms with Crippen LogP contribution in [0.2, 0.25) is 0 Å². The number of carbonyl (C=O) groups is 1. The Balaban J connectivity index is 2.02. The topological polar surface area (TPSA) is 70.0 Å². The van der Waals surface area contributed by atoms with E-state index in [1.807, 2.05) is 0 Å². The minimum Gasteiger partial charge on any atom is -0.504 e. The van der Waals surface area contributed by atoms with E-state index in [2.05, 4.69) is 0 Å². The monoisotopic (exact) mass is 251 g/mol. The van der Waals surface area contributed by atoms with Crippen molar-refractivity contribution >= 4 is 5.91 Å². The number of amides is 1. The van der Waals surface area contributed by atoms with Gasteiger partial charge in [-0.3, -0.25) is 4.79 Å². The molecule has 0 spiro atoms. The van der Waals surface area contributed by atoms with E-state index in [1.54, 1.807) is 11.9 Å². The van der Waals surface area contributed by atoms with Gasteiger partial charge < -0.3 is 19.8 Å². The summed E-state index contributed by atoms with van der Waals surface area (Å²) in [5.41, 5.74) is 0.353. The van der Waals surface area contributed by atoms with Gasteiger partial charge in [0.2, 0.25) is 0 Å². The summed E-state index contributed by atoms with van der Waals surface area (Å²) in [6.45, 7) is 1.30. The van der Waals surface area contributed by atoms with Crippen molar-refractivity contribution in [3.05, 3.63) is 23.8 Å². The molecular weight excluding hydrogens is 234 g/mol. The third-order valence-corrected chi connectivity index (χ3v) is 3.07. The minimum absolute atomic E-state index is 0.102. The molecule has 1 amide bonds. The second-order valence-corrected chi connectivity index (χ2v) is 4.52. The number of likely N-dealkylation sites (N-methyl/N-ethyl adjacent to an activating group) is 1. The Morgan fingerprint density at radius 3 is 2.83 bits per heavy atom. The first-order chi connectivity index (χ1) is 8.58. The maximum absolute atomic E-state index is 12.1. The van der Waals surface area contributed by atoms with E-state index in [9.17, 15) is 15.0 Å². The fourth-order valence-electron chi connectivity index (χ4n) is 2.05. The first-order valence-electron chi connectivity index (χ1n) is 5.97. The Kier molecular flexibility index (Phi) is 3.72. The predicted molar refractivity (Wildman–Crippen MR) is 65.7 cm³/mol. The normalized spacial score (nSPS) is 18.8. The fraction of sp³-hybridized carbons (Fsp3) is 0.462. The Labute approximate surface area is 106 Å². The maximum atomic E-state index is 12.1. The summed E-state index contributed by atoms with van der Waals surface area (Å²) < 4.78 is 5.47. The molecule has 1 aliphatic rings. The molecule has 0 aromatic heterocycles. The van der Waals surface area contributed by atoms with E-state index >= 15 is 0 Å². The van der Waals surface area contributed by atoms with Gasteiger partial charge in [0, 0.05) is 25.8 Å². The lowest BCUT2D eigenvalue weighted by Gasteiger charge is -2.21. The van der Waals surface area contributed by atoms with Crippen LogP contribution in [0.1, 0.15) is 23.2 Å². The Morgan fingerprint density at radius 1 is 1.44 bits per heavy atom. The summed E-state index contributed by atoms with van der Waals surface area (Å²) in [5, 5.41) is 18.6. The molecule has 2 rings (SSSR count). The number of ether oxygens (including phenoxy) is 1. The van der Waals surface area contributed by atoms with Gasteiger partial charge in [-0.1, -0.05) is 0 Å². The summed E-state index contributed by atoms with van der Waals surface area (Å²) in [4.78, 5) is 13.6. The lowest BCUT2D eigenvalue weighted by molar-refractivity contribution is 0.0587. The van der Waals surface area contributed by atoms with Gasteiger partial charge >= 0.3 is 0 Å². The van der Waals surface area contributed by atoms with Gasteiger partial charge in [0.25, 0.3) is 5.91 Å². The molecule has 1 fully saturated rings. The number of phenolic OH excluding ortho intramolecular Hbond substituents is 2. The van der Waals surface area contributed by atoms with Gasteiger partial charge in [-0.05, 0) is 31.0 Å². The number of hydrogen-bond donors (Lipinski definition) is 2. The largest absolute Gasteiger partial charge is 0.504 e. The highest BCUT2D eigenvalue weighted by Gasteiger charge is 2.21. The Bertz CT molecular complexity index is 441. The van der Waals surface area contributed by atoms with Crippen LogP contribution in [0.5, 0.6) is 11.5 Å². The fourth-order valence-corrected chi connectivity index (χ4v) is 2.05. The summed E-state index contributed by atoms with van der Waals surface area (Å²) in [5.74, 6) is -0.708. The first kappa shape index (κ1) is 12.7. The molecule has 1 atom stereocenters. The molecule has 0 bridgehead atoms. The molecule has 1 aliphatic heterocycles. The maximum Gasteiger partial charge on any atom is 0.253 e. The SMILES string of the molecule is CN(CC1CCCO1)C(=O)c1ccc(O)c(O)c1. The van der Waals surface area contributed by atoms with Crippen molar-refractivity contribution in [2.45, 2.75) is 18.9 Å². The molecule has 0 aliphatic carbocycles. The number of hydrogen-bond acceptors (Lipinski definition) is 4. The molecule has 5 nitrogen and oxygen atoms in total. The molecule has 1 aromatic rings. The minimum atomic E-state index is -0.286. The zero-order chi connectivity index (χ0) is 13.1.